The van der Waals surface area contributed by atoms with Gasteiger partial charge in [0.1, 0.15) is 5.84 Å². The van der Waals surface area contributed by atoms with Crippen molar-refractivity contribution in [2.45, 2.75) is 13.8 Å². The number of allylic oxidation sites excluding steroid dienone is 3. The van der Waals surface area contributed by atoms with Gasteiger partial charge in [0.05, 0.1) is 10.6 Å². The lowest BCUT2D eigenvalue weighted by Gasteiger charge is -2.13. The molecule has 0 aromatic carbocycles. The molecule has 1 heterocycles. The highest BCUT2D eigenvalue weighted by molar-refractivity contribution is 8.02. The minimum Gasteiger partial charge on any atom is -0.314 e. The highest BCUT2D eigenvalue weighted by atomic mass is 32.2. The summed E-state index contributed by atoms with van der Waals surface area (Å²) in [5.41, 5.74) is 0.939. The van der Waals surface area contributed by atoms with Gasteiger partial charge in [0, 0.05) is 0 Å². The first-order valence-corrected chi connectivity index (χ1v) is 4.57. The Morgan fingerprint density at radius 1 is 1.58 bits per heavy atom. The van der Waals surface area contributed by atoms with Gasteiger partial charge in [-0.2, -0.15) is 0 Å². The molecule has 64 valence electrons. The second-order valence-corrected chi connectivity index (χ2v) is 3.20. The van der Waals surface area contributed by atoms with Crippen LogP contribution in [0.2, 0.25) is 0 Å². The van der Waals surface area contributed by atoms with Crippen molar-refractivity contribution >= 4 is 17.8 Å². The van der Waals surface area contributed by atoms with Crippen LogP contribution in [0.3, 0.4) is 0 Å². The van der Waals surface area contributed by atoms with Crippen LogP contribution < -0.4 is 4.72 Å². The third-order valence-corrected chi connectivity index (χ3v) is 2.32. The Hall–Kier alpha value is -0.960. The van der Waals surface area contributed by atoms with Gasteiger partial charge in [-0.25, -0.2) is 4.99 Å². The van der Waals surface area contributed by atoms with Crippen molar-refractivity contribution in [3.05, 3.63) is 35.4 Å². The number of hydrogen-bond acceptors (Lipinski definition) is 3. The molecule has 0 aliphatic carbocycles. The normalized spacial score (nSPS) is 17.7. The molecule has 0 fully saturated rings. The van der Waals surface area contributed by atoms with Crippen LogP contribution in [0, 0.1) is 0 Å². The summed E-state index contributed by atoms with van der Waals surface area (Å²) in [6, 6.07) is 0. The van der Waals surface area contributed by atoms with Gasteiger partial charge in [-0.1, -0.05) is 12.7 Å². The molecular weight excluding hydrogens is 168 g/mol. The van der Waals surface area contributed by atoms with E-state index in [1.807, 2.05) is 26.0 Å². The molecule has 0 spiro atoms. The number of nitrogens with zero attached hydrogens (tertiary/aromatic N) is 1. The average Bonchev–Trinajstić information content (AvgIpc) is 2.08. The molecule has 0 saturated heterocycles. The van der Waals surface area contributed by atoms with Crippen LogP contribution in [0.5, 0.6) is 0 Å². The number of hydrogen-bond donors (Lipinski definition) is 1. The summed E-state index contributed by atoms with van der Waals surface area (Å²) in [6.07, 6.45) is 5.78. The van der Waals surface area contributed by atoms with E-state index in [-0.39, 0.29) is 0 Å². The quantitative estimate of drug-likeness (QED) is 0.661. The van der Waals surface area contributed by atoms with E-state index in [0.717, 1.165) is 16.4 Å². The Kier molecular flexibility index (Phi) is 3.17. The molecular formula is C9H12N2S. The summed E-state index contributed by atoms with van der Waals surface area (Å²) in [6.45, 7) is 7.63. The van der Waals surface area contributed by atoms with Crippen molar-refractivity contribution in [3.63, 3.8) is 0 Å². The van der Waals surface area contributed by atoms with Gasteiger partial charge in [0.25, 0.3) is 0 Å². The van der Waals surface area contributed by atoms with E-state index < -0.39 is 0 Å². The summed E-state index contributed by atoms with van der Waals surface area (Å²) >= 11 is 1.57. The summed E-state index contributed by atoms with van der Waals surface area (Å²) in [7, 11) is 0. The average molecular weight is 180 g/mol. The minimum atomic E-state index is 0.920. The zero-order chi connectivity index (χ0) is 8.97. The van der Waals surface area contributed by atoms with E-state index in [2.05, 4.69) is 16.3 Å². The lowest BCUT2D eigenvalue weighted by atomic mass is 10.3. The molecule has 2 nitrogen and oxygen atoms in total. The van der Waals surface area contributed by atoms with Crippen molar-refractivity contribution < 1.29 is 0 Å². The molecule has 0 aromatic rings. The molecule has 3 heteroatoms. The van der Waals surface area contributed by atoms with Gasteiger partial charge >= 0.3 is 0 Å². The zero-order valence-corrected chi connectivity index (χ0v) is 8.11. The van der Waals surface area contributed by atoms with Crippen molar-refractivity contribution in [1.29, 1.82) is 0 Å². The zero-order valence-electron chi connectivity index (χ0n) is 7.29. The number of nitrogens with one attached hydrogen (secondary N) is 1. The molecule has 1 aliphatic heterocycles. The molecule has 1 N–H and O–H groups in total. The molecule has 0 amide bonds. The summed E-state index contributed by atoms with van der Waals surface area (Å²) in [5.74, 6) is 0.920. The number of amidine groups is 1. The van der Waals surface area contributed by atoms with Crippen LogP contribution >= 0.6 is 11.9 Å². The summed E-state index contributed by atoms with van der Waals surface area (Å²) < 4.78 is 3.09. The van der Waals surface area contributed by atoms with Crippen LogP contribution in [0.4, 0.5) is 0 Å². The third-order valence-electron chi connectivity index (χ3n) is 1.36. The maximum atomic E-state index is 4.30. The second kappa shape index (κ2) is 4.16. The second-order valence-electron chi connectivity index (χ2n) is 2.35. The molecule has 1 aliphatic rings. The van der Waals surface area contributed by atoms with E-state index in [1.54, 1.807) is 18.0 Å². The van der Waals surface area contributed by atoms with Crippen molar-refractivity contribution in [3.8, 4) is 0 Å². The summed E-state index contributed by atoms with van der Waals surface area (Å²) in [4.78, 5) is 5.41. The Morgan fingerprint density at radius 3 is 2.92 bits per heavy atom. The molecule has 0 radical (unpaired) electrons. The molecule has 0 unspecified atom stereocenters. The Morgan fingerprint density at radius 2 is 2.33 bits per heavy atom. The number of aliphatic imine (C=N–C) groups is 1. The topological polar surface area (TPSA) is 24.4 Å². The largest absolute Gasteiger partial charge is 0.314 e. The van der Waals surface area contributed by atoms with Crippen LogP contribution in [-0.2, 0) is 0 Å². The molecule has 0 atom stereocenters. The lowest BCUT2D eigenvalue weighted by molar-refractivity contribution is 1.29. The number of rotatable bonds is 2. The molecule has 0 saturated carbocycles. The van der Waals surface area contributed by atoms with E-state index in [0.29, 0.717) is 0 Å². The van der Waals surface area contributed by atoms with Gasteiger partial charge in [-0.3, -0.25) is 0 Å². The molecule has 0 bridgehead atoms. The fraction of sp³-hybridized carbons (Fsp3) is 0.222. The Balaban J connectivity index is 2.98. The predicted octanol–water partition coefficient (Wildman–Crippen LogP) is 2.63. The predicted molar refractivity (Wildman–Crippen MR) is 55.9 cm³/mol. The smallest absolute Gasteiger partial charge is 0.109 e. The van der Waals surface area contributed by atoms with Gasteiger partial charge in [-0.05, 0) is 37.9 Å². The first-order valence-electron chi connectivity index (χ1n) is 3.75. The highest BCUT2D eigenvalue weighted by Gasteiger charge is 2.07. The van der Waals surface area contributed by atoms with Crippen LogP contribution in [-0.4, -0.2) is 5.84 Å². The maximum Gasteiger partial charge on any atom is 0.109 e. The molecule has 12 heavy (non-hydrogen) atoms. The first kappa shape index (κ1) is 9.13. The molecule has 0 aromatic heterocycles. The van der Waals surface area contributed by atoms with Gasteiger partial charge in [-0.15, -0.1) is 0 Å². The Labute approximate surface area is 77.3 Å². The highest BCUT2D eigenvalue weighted by Crippen LogP contribution is 2.23. The van der Waals surface area contributed by atoms with Crippen molar-refractivity contribution in [2.24, 2.45) is 4.99 Å². The lowest BCUT2D eigenvalue weighted by Crippen LogP contribution is -2.15. The fourth-order valence-electron chi connectivity index (χ4n) is 0.857. The minimum absolute atomic E-state index is 0.920. The Bertz CT molecular complexity index is 274. The van der Waals surface area contributed by atoms with E-state index >= 15 is 0 Å². The van der Waals surface area contributed by atoms with Crippen LogP contribution in [0.1, 0.15) is 13.8 Å². The van der Waals surface area contributed by atoms with Gasteiger partial charge in [0.2, 0.25) is 0 Å². The fourth-order valence-corrected chi connectivity index (χ4v) is 1.60. The third kappa shape index (κ3) is 2.01. The van der Waals surface area contributed by atoms with E-state index in [4.69, 9.17) is 0 Å². The summed E-state index contributed by atoms with van der Waals surface area (Å²) in [5, 5.41) is 0. The molecule has 1 rings (SSSR count). The van der Waals surface area contributed by atoms with Gasteiger partial charge in [0.15, 0.2) is 0 Å². The monoisotopic (exact) mass is 180 g/mol. The van der Waals surface area contributed by atoms with Gasteiger partial charge < -0.3 is 4.72 Å². The van der Waals surface area contributed by atoms with Crippen LogP contribution in [0.25, 0.3) is 0 Å². The maximum absolute atomic E-state index is 4.30. The van der Waals surface area contributed by atoms with Crippen molar-refractivity contribution in [2.75, 3.05) is 0 Å². The SMILES string of the molecule is C=CC1=C(/C=C\C)SNC(C)=N1. The van der Waals surface area contributed by atoms with Crippen LogP contribution in [0.15, 0.2) is 40.4 Å². The van der Waals surface area contributed by atoms with E-state index in [1.165, 1.54) is 0 Å². The standard InChI is InChI=1S/C9H12N2S/c1-4-6-9-8(5-2)10-7(3)11-12-9/h4-6H,2H2,1,3H3,(H,10,11)/b6-4-. The van der Waals surface area contributed by atoms with Crippen molar-refractivity contribution in [1.82, 2.24) is 4.72 Å². The van der Waals surface area contributed by atoms with E-state index in [9.17, 15) is 0 Å². The first-order chi connectivity index (χ1) is 5.77.